The Kier molecular flexibility index (Phi) is 5.94. The summed E-state index contributed by atoms with van der Waals surface area (Å²) in [4.78, 5) is 23.3. The van der Waals surface area contributed by atoms with Crippen molar-refractivity contribution in [2.75, 3.05) is 12.4 Å². The lowest BCUT2D eigenvalue weighted by Gasteiger charge is -2.12. The summed E-state index contributed by atoms with van der Waals surface area (Å²) in [6.45, 7) is 0. The molecule has 0 bridgehead atoms. The average molecular weight is 425 g/mol. The average Bonchev–Trinajstić information content (AvgIpc) is 2.56. The molecule has 2 aromatic carbocycles. The van der Waals surface area contributed by atoms with E-state index in [1.165, 1.54) is 25.3 Å². The van der Waals surface area contributed by atoms with E-state index in [9.17, 15) is 14.7 Å². The van der Waals surface area contributed by atoms with Crippen molar-refractivity contribution >= 4 is 50.8 Å². The summed E-state index contributed by atoms with van der Waals surface area (Å²) in [5.41, 5.74) is 0.299. The number of hydrogen-bond acceptors (Lipinski definition) is 5. The van der Waals surface area contributed by atoms with Crippen LogP contribution in [0, 0.1) is 0 Å². The number of carbonyl (C=O) groups is 2. The highest BCUT2D eigenvalue weighted by Gasteiger charge is 2.15. The fraction of sp³-hybridized carbons (Fsp3) is 0.0625. The molecule has 0 fully saturated rings. The minimum absolute atomic E-state index is 0.0333. The largest absolute Gasteiger partial charge is 0.507 e. The van der Waals surface area contributed by atoms with Crippen molar-refractivity contribution in [2.45, 2.75) is 0 Å². The van der Waals surface area contributed by atoms with Gasteiger partial charge in [0.15, 0.2) is 5.11 Å². The predicted octanol–water partition coefficient (Wildman–Crippen LogP) is 2.99. The van der Waals surface area contributed by atoms with Gasteiger partial charge in [-0.05, 0) is 48.6 Å². The van der Waals surface area contributed by atoms with Crippen LogP contribution in [0.15, 0.2) is 40.9 Å². The van der Waals surface area contributed by atoms with Gasteiger partial charge in [0.2, 0.25) is 0 Å². The monoisotopic (exact) mass is 424 g/mol. The number of methoxy groups -OCH3 is 1. The lowest BCUT2D eigenvalue weighted by molar-refractivity contribution is 0.0693. The van der Waals surface area contributed by atoms with E-state index in [0.717, 1.165) is 0 Å². The Balaban J connectivity index is 2.13. The third kappa shape index (κ3) is 4.68. The molecule has 2 rings (SSSR count). The van der Waals surface area contributed by atoms with Gasteiger partial charge in [0.25, 0.3) is 5.91 Å². The number of carboxylic acids is 1. The number of benzene rings is 2. The van der Waals surface area contributed by atoms with Crippen LogP contribution in [0.3, 0.4) is 0 Å². The van der Waals surface area contributed by atoms with Crippen molar-refractivity contribution in [3.63, 3.8) is 0 Å². The van der Waals surface area contributed by atoms with Crippen molar-refractivity contribution in [1.29, 1.82) is 0 Å². The van der Waals surface area contributed by atoms with Crippen molar-refractivity contribution in [3.05, 3.63) is 52.0 Å². The number of carbonyl (C=O) groups excluding carboxylic acids is 1. The maximum atomic E-state index is 12.3. The van der Waals surface area contributed by atoms with Crippen LogP contribution in [0.25, 0.3) is 0 Å². The molecule has 7 nitrogen and oxygen atoms in total. The summed E-state index contributed by atoms with van der Waals surface area (Å²) >= 11 is 8.34. The molecule has 0 spiro atoms. The maximum Gasteiger partial charge on any atom is 0.339 e. The first-order chi connectivity index (χ1) is 11.8. The lowest BCUT2D eigenvalue weighted by atomic mass is 10.2. The molecule has 0 atom stereocenters. The third-order valence-corrected chi connectivity index (χ3v) is 3.82. The van der Waals surface area contributed by atoms with Gasteiger partial charge in [0, 0.05) is 10.2 Å². The number of phenols is 1. The molecule has 1 amide bonds. The van der Waals surface area contributed by atoms with Crippen molar-refractivity contribution in [2.24, 2.45) is 0 Å². The van der Waals surface area contributed by atoms with Gasteiger partial charge < -0.3 is 20.3 Å². The van der Waals surface area contributed by atoms with Crippen LogP contribution >= 0.6 is 28.1 Å². The van der Waals surface area contributed by atoms with Crippen LogP contribution in [-0.2, 0) is 0 Å². The van der Waals surface area contributed by atoms with E-state index in [1.807, 2.05) is 0 Å². The minimum Gasteiger partial charge on any atom is -0.507 e. The van der Waals surface area contributed by atoms with E-state index in [2.05, 4.69) is 26.6 Å². The Labute approximate surface area is 156 Å². The van der Waals surface area contributed by atoms with E-state index in [-0.39, 0.29) is 22.0 Å². The molecular weight excluding hydrogens is 412 g/mol. The SMILES string of the molecule is COc1ccc(Br)cc1C(=O)NC(=S)Nc1ccc(O)c(C(=O)O)c1. The molecule has 0 radical (unpaired) electrons. The Bertz CT molecular complexity index is 856. The minimum atomic E-state index is -1.28. The molecular formula is C16H13BrN2O5S. The molecule has 0 saturated carbocycles. The standard InChI is InChI=1S/C16H13BrN2O5S/c1-24-13-5-2-8(17)6-11(13)14(21)19-16(25)18-9-3-4-12(20)10(7-9)15(22)23/h2-7,20H,1H3,(H,22,23)(H2,18,19,21,25). The predicted molar refractivity (Wildman–Crippen MR) is 99.4 cm³/mol. The lowest BCUT2D eigenvalue weighted by Crippen LogP contribution is -2.34. The van der Waals surface area contributed by atoms with Crippen LogP contribution in [0.5, 0.6) is 11.5 Å². The maximum absolute atomic E-state index is 12.3. The number of anilines is 1. The molecule has 4 N–H and O–H groups in total. The molecule has 130 valence electrons. The first-order valence-electron chi connectivity index (χ1n) is 6.84. The number of ether oxygens (including phenoxy) is 1. The fourth-order valence-electron chi connectivity index (χ4n) is 1.98. The number of aromatic hydroxyl groups is 1. The molecule has 0 unspecified atom stereocenters. The highest BCUT2D eigenvalue weighted by molar-refractivity contribution is 9.10. The topological polar surface area (TPSA) is 108 Å². The summed E-state index contributed by atoms with van der Waals surface area (Å²) in [5.74, 6) is -1.77. The smallest absolute Gasteiger partial charge is 0.339 e. The van der Waals surface area contributed by atoms with E-state index >= 15 is 0 Å². The second-order valence-electron chi connectivity index (χ2n) is 4.79. The summed E-state index contributed by atoms with van der Waals surface area (Å²) in [6, 6.07) is 8.80. The van der Waals surface area contributed by atoms with E-state index in [0.29, 0.717) is 15.9 Å². The Hall–Kier alpha value is -2.65. The first-order valence-corrected chi connectivity index (χ1v) is 8.04. The van der Waals surface area contributed by atoms with Crippen molar-refractivity contribution in [3.8, 4) is 11.5 Å². The second kappa shape index (κ2) is 7.95. The Morgan fingerprint density at radius 1 is 1.16 bits per heavy atom. The normalized spacial score (nSPS) is 10.0. The summed E-state index contributed by atoms with van der Waals surface area (Å²) in [6.07, 6.45) is 0. The third-order valence-electron chi connectivity index (χ3n) is 3.12. The van der Waals surface area contributed by atoms with E-state index < -0.39 is 11.9 Å². The summed E-state index contributed by atoms with van der Waals surface area (Å²) < 4.78 is 5.83. The number of rotatable bonds is 4. The number of thiocarbonyl (C=S) groups is 1. The molecule has 0 heterocycles. The molecule has 0 saturated heterocycles. The van der Waals surface area contributed by atoms with Crippen LogP contribution in [-0.4, -0.2) is 34.3 Å². The molecule has 0 aliphatic heterocycles. The van der Waals surface area contributed by atoms with Gasteiger partial charge in [-0.1, -0.05) is 15.9 Å². The van der Waals surface area contributed by atoms with Crippen LogP contribution in [0.4, 0.5) is 5.69 Å². The number of halogens is 1. The molecule has 0 aromatic heterocycles. The quantitative estimate of drug-likeness (QED) is 0.441. The first kappa shape index (κ1) is 18.7. The van der Waals surface area contributed by atoms with Gasteiger partial charge in [-0.15, -0.1) is 0 Å². The van der Waals surface area contributed by atoms with Crippen molar-refractivity contribution < 1.29 is 24.5 Å². The van der Waals surface area contributed by atoms with E-state index in [1.54, 1.807) is 18.2 Å². The van der Waals surface area contributed by atoms with E-state index in [4.69, 9.17) is 22.1 Å². The molecule has 0 aliphatic carbocycles. The van der Waals surface area contributed by atoms with Crippen LogP contribution < -0.4 is 15.4 Å². The Morgan fingerprint density at radius 2 is 1.88 bits per heavy atom. The second-order valence-corrected chi connectivity index (χ2v) is 6.11. The molecule has 0 aliphatic rings. The van der Waals surface area contributed by atoms with Gasteiger partial charge in [0.05, 0.1) is 12.7 Å². The van der Waals surface area contributed by atoms with Crippen molar-refractivity contribution in [1.82, 2.24) is 5.32 Å². The zero-order valence-corrected chi connectivity index (χ0v) is 15.3. The zero-order valence-electron chi connectivity index (χ0n) is 12.9. The van der Waals surface area contributed by atoms with Gasteiger partial charge in [-0.25, -0.2) is 4.79 Å². The Morgan fingerprint density at radius 3 is 2.52 bits per heavy atom. The molecule has 2 aromatic rings. The van der Waals surface area contributed by atoms with Gasteiger partial charge in [-0.3, -0.25) is 10.1 Å². The highest BCUT2D eigenvalue weighted by atomic mass is 79.9. The molecule has 25 heavy (non-hydrogen) atoms. The summed E-state index contributed by atoms with van der Waals surface area (Å²) in [5, 5.41) is 23.6. The number of nitrogens with one attached hydrogen (secondary N) is 2. The number of hydrogen-bond donors (Lipinski definition) is 4. The highest BCUT2D eigenvalue weighted by Crippen LogP contribution is 2.23. The zero-order chi connectivity index (χ0) is 18.6. The van der Waals surface area contributed by atoms with Gasteiger partial charge >= 0.3 is 5.97 Å². The summed E-state index contributed by atoms with van der Waals surface area (Å²) in [7, 11) is 1.44. The van der Waals surface area contributed by atoms with Crippen LogP contribution in [0.1, 0.15) is 20.7 Å². The van der Waals surface area contributed by atoms with Gasteiger partial charge in [0.1, 0.15) is 17.1 Å². The molecule has 9 heteroatoms. The number of amides is 1. The number of carboxylic acid groups (broad SMARTS) is 1. The number of aromatic carboxylic acids is 1. The van der Waals surface area contributed by atoms with Crippen LogP contribution in [0.2, 0.25) is 0 Å². The van der Waals surface area contributed by atoms with Gasteiger partial charge in [-0.2, -0.15) is 0 Å². The fourth-order valence-corrected chi connectivity index (χ4v) is 2.55.